The van der Waals surface area contributed by atoms with Gasteiger partial charge in [0.15, 0.2) is 12.4 Å². The first-order valence-corrected chi connectivity index (χ1v) is 13.9. The van der Waals surface area contributed by atoms with Gasteiger partial charge in [-0.15, -0.1) is 0 Å². The zero-order valence-electron chi connectivity index (χ0n) is 22.3. The smallest absolute Gasteiger partial charge is 0.343 e. The first kappa shape index (κ1) is 29.7. The van der Waals surface area contributed by atoms with Crippen LogP contribution in [-0.4, -0.2) is 49.4 Å². The van der Waals surface area contributed by atoms with Crippen LogP contribution in [0.3, 0.4) is 0 Å². The highest BCUT2D eigenvalue weighted by molar-refractivity contribution is 9.10. The Balaban J connectivity index is 1.26. The van der Waals surface area contributed by atoms with Gasteiger partial charge in [0.2, 0.25) is 5.91 Å². The Labute approximate surface area is 245 Å². The maximum Gasteiger partial charge on any atom is 0.343 e. The van der Waals surface area contributed by atoms with Crippen LogP contribution in [0.25, 0.3) is 0 Å². The molecule has 1 fully saturated rings. The van der Waals surface area contributed by atoms with Crippen LogP contribution in [0.15, 0.2) is 77.3 Å². The number of benzene rings is 3. The molecule has 3 aromatic rings. The van der Waals surface area contributed by atoms with Gasteiger partial charge in [0, 0.05) is 28.7 Å². The second kappa shape index (κ2) is 13.8. The van der Waals surface area contributed by atoms with Crippen molar-refractivity contribution >= 4 is 51.2 Å². The third-order valence-electron chi connectivity index (χ3n) is 6.42. The zero-order valence-corrected chi connectivity index (χ0v) is 23.9. The zero-order chi connectivity index (χ0) is 29.4. The Kier molecular flexibility index (Phi) is 10.0. The predicted octanol–water partition coefficient (Wildman–Crippen LogP) is 5.40. The third kappa shape index (κ3) is 7.88. The summed E-state index contributed by atoms with van der Waals surface area (Å²) in [5.74, 6) is -2.78. The van der Waals surface area contributed by atoms with Crippen molar-refractivity contribution in [2.45, 2.75) is 26.2 Å². The molecule has 0 saturated carbocycles. The van der Waals surface area contributed by atoms with Gasteiger partial charge in [0.05, 0.1) is 23.7 Å². The Hall–Kier alpha value is -4.31. The maximum atomic E-state index is 12.6. The molecule has 0 aliphatic carbocycles. The highest BCUT2D eigenvalue weighted by atomic mass is 79.9. The Morgan fingerprint density at radius 1 is 0.829 bits per heavy atom. The average Bonchev–Trinajstić information content (AvgIpc) is 3.38. The molecule has 4 rings (SSSR count). The number of hydrogen-bond donors (Lipinski definition) is 0. The van der Waals surface area contributed by atoms with Gasteiger partial charge in [-0.2, -0.15) is 0 Å². The second-order valence-corrected chi connectivity index (χ2v) is 10.3. The molecule has 0 N–H and O–H groups in total. The standard InChI is InChI=1S/C31H28BrNO8/c1-2-3-16-39-29(36)21-6-12-25(13-7-21)33-18-23(17-28(33)35)30(37)40-19-27(34)20-8-14-26(15-9-20)41-31(38)22-4-10-24(32)11-5-22/h4-15,23H,2-3,16-19H2,1H3/t23-/m0/s1. The van der Waals surface area contributed by atoms with Crippen LogP contribution in [0.2, 0.25) is 0 Å². The summed E-state index contributed by atoms with van der Waals surface area (Å²) in [6, 6.07) is 19.0. The third-order valence-corrected chi connectivity index (χ3v) is 6.95. The summed E-state index contributed by atoms with van der Waals surface area (Å²) in [6.07, 6.45) is 1.65. The van der Waals surface area contributed by atoms with Crippen molar-refractivity contribution in [1.29, 1.82) is 0 Å². The molecule has 1 aliphatic rings. The van der Waals surface area contributed by atoms with E-state index in [1.807, 2.05) is 6.92 Å². The van der Waals surface area contributed by atoms with Gasteiger partial charge in [0.25, 0.3) is 0 Å². The number of hydrogen-bond acceptors (Lipinski definition) is 8. The largest absolute Gasteiger partial charge is 0.462 e. The summed E-state index contributed by atoms with van der Waals surface area (Å²) in [4.78, 5) is 63.6. The molecule has 0 radical (unpaired) electrons. The van der Waals surface area contributed by atoms with Crippen LogP contribution in [0.4, 0.5) is 5.69 Å². The number of esters is 3. The molecular weight excluding hydrogens is 594 g/mol. The molecule has 0 bridgehead atoms. The molecule has 9 nitrogen and oxygen atoms in total. The Bertz CT molecular complexity index is 1420. The second-order valence-electron chi connectivity index (χ2n) is 9.39. The summed E-state index contributed by atoms with van der Waals surface area (Å²) >= 11 is 3.31. The fourth-order valence-corrected chi connectivity index (χ4v) is 4.35. The quantitative estimate of drug-likeness (QED) is 0.121. The number of nitrogens with zero attached hydrogens (tertiary/aromatic N) is 1. The van der Waals surface area contributed by atoms with Gasteiger partial charge in [-0.05, 0) is 79.2 Å². The van der Waals surface area contributed by atoms with Crippen LogP contribution in [-0.2, 0) is 19.1 Å². The van der Waals surface area contributed by atoms with Crippen molar-refractivity contribution < 1.29 is 38.2 Å². The van der Waals surface area contributed by atoms with Gasteiger partial charge < -0.3 is 19.1 Å². The van der Waals surface area contributed by atoms with Crippen molar-refractivity contribution in [3.8, 4) is 5.75 Å². The molecule has 0 unspecified atom stereocenters. The van der Waals surface area contributed by atoms with Crippen LogP contribution < -0.4 is 9.64 Å². The molecular formula is C31H28BrNO8. The van der Waals surface area contributed by atoms with E-state index in [1.165, 1.54) is 29.2 Å². The van der Waals surface area contributed by atoms with E-state index >= 15 is 0 Å². The molecule has 1 amide bonds. The van der Waals surface area contributed by atoms with E-state index in [9.17, 15) is 24.0 Å². The van der Waals surface area contributed by atoms with Crippen molar-refractivity contribution in [1.82, 2.24) is 0 Å². The maximum absolute atomic E-state index is 12.6. The number of carbonyl (C=O) groups is 5. The van der Waals surface area contributed by atoms with Crippen molar-refractivity contribution in [3.63, 3.8) is 0 Å². The number of anilines is 1. The lowest BCUT2D eigenvalue weighted by atomic mass is 10.1. The normalized spacial score (nSPS) is 14.4. The van der Waals surface area contributed by atoms with Crippen LogP contribution >= 0.6 is 15.9 Å². The van der Waals surface area contributed by atoms with Crippen LogP contribution in [0, 0.1) is 5.92 Å². The van der Waals surface area contributed by atoms with E-state index in [4.69, 9.17) is 14.2 Å². The molecule has 1 aliphatic heterocycles. The van der Waals surface area contributed by atoms with Crippen LogP contribution in [0.1, 0.15) is 57.3 Å². The molecule has 1 saturated heterocycles. The first-order valence-electron chi connectivity index (χ1n) is 13.1. The molecule has 41 heavy (non-hydrogen) atoms. The fourth-order valence-electron chi connectivity index (χ4n) is 4.08. The minimum absolute atomic E-state index is 0.0493. The molecule has 0 aromatic heterocycles. The highest BCUT2D eigenvalue weighted by Crippen LogP contribution is 2.26. The number of Topliss-reactive ketones (excluding diaryl/α,β-unsaturated/α-hetero) is 1. The van der Waals surface area contributed by atoms with Gasteiger partial charge >= 0.3 is 17.9 Å². The van der Waals surface area contributed by atoms with E-state index < -0.39 is 36.2 Å². The van der Waals surface area contributed by atoms with Gasteiger partial charge in [-0.25, -0.2) is 9.59 Å². The number of rotatable bonds is 11. The lowest BCUT2D eigenvalue weighted by Crippen LogP contribution is -2.27. The minimum Gasteiger partial charge on any atom is -0.462 e. The van der Waals surface area contributed by atoms with E-state index in [1.54, 1.807) is 48.5 Å². The topological polar surface area (TPSA) is 116 Å². The Morgan fingerprint density at radius 2 is 1.44 bits per heavy atom. The first-order chi connectivity index (χ1) is 19.7. The molecule has 1 atom stereocenters. The summed E-state index contributed by atoms with van der Waals surface area (Å²) in [5.41, 5.74) is 1.58. The van der Waals surface area contributed by atoms with Crippen molar-refractivity contribution in [2.75, 3.05) is 24.7 Å². The van der Waals surface area contributed by atoms with Gasteiger partial charge in [-0.1, -0.05) is 29.3 Å². The lowest BCUT2D eigenvalue weighted by molar-refractivity contribution is -0.147. The number of halogens is 1. The fraction of sp³-hybridized carbons (Fsp3) is 0.258. The van der Waals surface area contributed by atoms with Crippen LogP contribution in [0.5, 0.6) is 5.75 Å². The molecule has 1 heterocycles. The molecule has 212 valence electrons. The minimum atomic E-state index is -0.727. The van der Waals surface area contributed by atoms with Crippen molar-refractivity contribution in [3.05, 3.63) is 94.0 Å². The van der Waals surface area contributed by atoms with E-state index in [2.05, 4.69) is 15.9 Å². The summed E-state index contributed by atoms with van der Waals surface area (Å²) in [5, 5.41) is 0. The summed E-state index contributed by atoms with van der Waals surface area (Å²) in [7, 11) is 0. The number of carbonyl (C=O) groups excluding carboxylic acids is 5. The molecule has 0 spiro atoms. The van der Waals surface area contributed by atoms with E-state index in [-0.39, 0.29) is 30.2 Å². The predicted molar refractivity (Wildman–Crippen MR) is 153 cm³/mol. The highest BCUT2D eigenvalue weighted by Gasteiger charge is 2.36. The molecule has 10 heteroatoms. The lowest BCUT2D eigenvalue weighted by Gasteiger charge is -2.17. The van der Waals surface area contributed by atoms with E-state index in [0.29, 0.717) is 23.4 Å². The average molecular weight is 622 g/mol. The monoisotopic (exact) mass is 621 g/mol. The number of unbranched alkanes of at least 4 members (excludes halogenated alkanes) is 1. The van der Waals surface area contributed by atoms with E-state index in [0.717, 1.165) is 17.3 Å². The molecule has 3 aromatic carbocycles. The van der Waals surface area contributed by atoms with Gasteiger partial charge in [-0.3, -0.25) is 14.4 Å². The number of ketones is 1. The summed E-state index contributed by atoms with van der Waals surface area (Å²) < 4.78 is 16.6. The van der Waals surface area contributed by atoms with Crippen molar-refractivity contribution in [2.24, 2.45) is 5.92 Å². The number of amides is 1. The summed E-state index contributed by atoms with van der Waals surface area (Å²) in [6.45, 7) is 1.96. The Morgan fingerprint density at radius 3 is 2.10 bits per heavy atom. The van der Waals surface area contributed by atoms with Gasteiger partial charge in [0.1, 0.15) is 5.75 Å². The number of ether oxygens (including phenoxy) is 3. The SMILES string of the molecule is CCCCOC(=O)c1ccc(N2C[C@@H](C(=O)OCC(=O)c3ccc(OC(=O)c4ccc(Br)cc4)cc3)CC2=O)cc1.